The Labute approximate surface area is 145 Å². The van der Waals surface area contributed by atoms with Gasteiger partial charge in [0.2, 0.25) is 0 Å². The summed E-state index contributed by atoms with van der Waals surface area (Å²) in [5, 5.41) is 0. The lowest BCUT2D eigenvalue weighted by Gasteiger charge is -2.34. The van der Waals surface area contributed by atoms with Crippen molar-refractivity contribution < 1.29 is 42.9 Å². The second-order valence-corrected chi connectivity index (χ2v) is 5.11. The Kier molecular flexibility index (Phi) is 10.4. The van der Waals surface area contributed by atoms with Crippen LogP contribution >= 0.6 is 0 Å². The van der Waals surface area contributed by atoms with Crippen molar-refractivity contribution in [2.45, 2.75) is 52.1 Å². The third-order valence-electron chi connectivity index (χ3n) is 2.96. The first-order valence-corrected chi connectivity index (χ1v) is 7.50. The smallest absolute Gasteiger partial charge is 0.303 e. The molecular formula is C15H25NO9. The summed E-state index contributed by atoms with van der Waals surface area (Å²) in [5.41, 5.74) is 5.60. The van der Waals surface area contributed by atoms with Crippen LogP contribution in [0.2, 0.25) is 0 Å². The van der Waals surface area contributed by atoms with Crippen molar-refractivity contribution >= 4 is 23.9 Å². The lowest BCUT2D eigenvalue weighted by atomic mass is 10.0. The average Bonchev–Trinajstić information content (AvgIpc) is 2.48. The molecule has 0 aliphatic rings. The standard InChI is InChI=1S/C15H25NO9/c1-8(17)22-7-13(23-9(2)18)15(25-11(4)20)14(24-10(3)19)12(6-16)21-5/h12-15H,6-7,16H2,1-5H3. The van der Waals surface area contributed by atoms with Gasteiger partial charge in [-0.1, -0.05) is 0 Å². The van der Waals surface area contributed by atoms with Gasteiger partial charge in [0, 0.05) is 41.3 Å². The molecule has 0 saturated heterocycles. The number of carbonyl (C=O) groups excluding carboxylic acids is 4. The first kappa shape index (κ1) is 22.8. The van der Waals surface area contributed by atoms with Gasteiger partial charge in [0.1, 0.15) is 12.7 Å². The Balaban J connectivity index is 5.77. The van der Waals surface area contributed by atoms with Crippen molar-refractivity contribution in [1.29, 1.82) is 0 Å². The Morgan fingerprint density at radius 3 is 1.52 bits per heavy atom. The van der Waals surface area contributed by atoms with Crippen LogP contribution < -0.4 is 5.73 Å². The molecular weight excluding hydrogens is 338 g/mol. The number of carbonyl (C=O) groups is 4. The number of esters is 4. The maximum Gasteiger partial charge on any atom is 0.303 e. The summed E-state index contributed by atoms with van der Waals surface area (Å²) in [6, 6.07) is 0. The lowest BCUT2D eigenvalue weighted by molar-refractivity contribution is -0.199. The van der Waals surface area contributed by atoms with E-state index in [1.807, 2.05) is 0 Å². The fourth-order valence-electron chi connectivity index (χ4n) is 2.07. The van der Waals surface area contributed by atoms with E-state index in [-0.39, 0.29) is 6.54 Å². The van der Waals surface area contributed by atoms with Gasteiger partial charge in [-0.3, -0.25) is 19.2 Å². The molecule has 4 unspecified atom stereocenters. The first-order valence-electron chi connectivity index (χ1n) is 7.50. The van der Waals surface area contributed by atoms with Crippen molar-refractivity contribution in [3.8, 4) is 0 Å². The van der Waals surface area contributed by atoms with Gasteiger partial charge in [0.05, 0.1) is 0 Å². The van der Waals surface area contributed by atoms with Crippen LogP contribution in [0.3, 0.4) is 0 Å². The third-order valence-corrected chi connectivity index (χ3v) is 2.96. The zero-order valence-corrected chi connectivity index (χ0v) is 15.0. The minimum absolute atomic E-state index is 0.0768. The normalized spacial score (nSPS) is 15.3. The molecule has 0 rings (SSSR count). The molecule has 10 heteroatoms. The Hall–Kier alpha value is -2.20. The highest BCUT2D eigenvalue weighted by molar-refractivity contribution is 5.68. The van der Waals surface area contributed by atoms with Gasteiger partial charge in [0.25, 0.3) is 0 Å². The van der Waals surface area contributed by atoms with Gasteiger partial charge < -0.3 is 29.4 Å². The van der Waals surface area contributed by atoms with Crippen molar-refractivity contribution in [1.82, 2.24) is 0 Å². The maximum absolute atomic E-state index is 11.5. The van der Waals surface area contributed by atoms with E-state index in [4.69, 9.17) is 29.4 Å². The number of hydrogen-bond acceptors (Lipinski definition) is 10. The lowest BCUT2D eigenvalue weighted by Crippen LogP contribution is -2.54. The van der Waals surface area contributed by atoms with E-state index in [9.17, 15) is 19.2 Å². The summed E-state index contributed by atoms with van der Waals surface area (Å²) in [5.74, 6) is -2.76. The van der Waals surface area contributed by atoms with Gasteiger partial charge in [-0.05, 0) is 0 Å². The van der Waals surface area contributed by atoms with E-state index in [1.165, 1.54) is 7.11 Å². The van der Waals surface area contributed by atoms with E-state index in [0.29, 0.717) is 0 Å². The van der Waals surface area contributed by atoms with Crippen molar-refractivity contribution in [2.24, 2.45) is 5.73 Å². The minimum Gasteiger partial charge on any atom is -0.462 e. The fourth-order valence-corrected chi connectivity index (χ4v) is 2.07. The highest BCUT2D eigenvalue weighted by Crippen LogP contribution is 2.19. The molecule has 25 heavy (non-hydrogen) atoms. The molecule has 0 aromatic rings. The van der Waals surface area contributed by atoms with Crippen LogP contribution in [0.4, 0.5) is 0 Å². The van der Waals surface area contributed by atoms with E-state index in [0.717, 1.165) is 27.7 Å². The second kappa shape index (κ2) is 11.4. The number of methoxy groups -OCH3 is 1. The minimum atomic E-state index is -1.29. The molecule has 0 radical (unpaired) electrons. The van der Waals surface area contributed by atoms with Crippen molar-refractivity contribution in [2.75, 3.05) is 20.3 Å². The predicted octanol–water partition coefficient (Wildman–Crippen LogP) is -0.682. The van der Waals surface area contributed by atoms with Gasteiger partial charge in [-0.25, -0.2) is 0 Å². The summed E-state index contributed by atoms with van der Waals surface area (Å²) in [7, 11) is 1.33. The third kappa shape index (κ3) is 9.01. The molecule has 2 N–H and O–H groups in total. The fraction of sp³-hybridized carbons (Fsp3) is 0.733. The van der Waals surface area contributed by atoms with E-state index in [2.05, 4.69) is 0 Å². The SMILES string of the molecule is COC(CN)C(OC(C)=O)C(OC(C)=O)C(COC(C)=O)OC(C)=O. The summed E-state index contributed by atoms with van der Waals surface area (Å²) in [6.45, 7) is 4.07. The van der Waals surface area contributed by atoms with Gasteiger partial charge in [-0.15, -0.1) is 0 Å². The van der Waals surface area contributed by atoms with Crippen LogP contribution in [0, 0.1) is 0 Å². The summed E-state index contributed by atoms with van der Waals surface area (Å²) in [4.78, 5) is 45.4. The summed E-state index contributed by atoms with van der Waals surface area (Å²) < 4.78 is 25.4. The zero-order valence-electron chi connectivity index (χ0n) is 15.0. The van der Waals surface area contributed by atoms with Crippen molar-refractivity contribution in [3.05, 3.63) is 0 Å². The number of nitrogens with two attached hydrogens (primary N) is 1. The molecule has 0 aliphatic carbocycles. The molecule has 0 heterocycles. The van der Waals surface area contributed by atoms with E-state index in [1.54, 1.807) is 0 Å². The van der Waals surface area contributed by atoms with Crippen LogP contribution in [0.25, 0.3) is 0 Å². The van der Waals surface area contributed by atoms with Crippen LogP contribution in [0.5, 0.6) is 0 Å². The molecule has 0 aliphatic heterocycles. The van der Waals surface area contributed by atoms with Crippen molar-refractivity contribution in [3.63, 3.8) is 0 Å². The molecule has 0 spiro atoms. The Morgan fingerprint density at radius 1 is 0.760 bits per heavy atom. The van der Waals surface area contributed by atoms with Crippen LogP contribution in [-0.2, 0) is 42.9 Å². The number of rotatable bonds is 10. The monoisotopic (exact) mass is 363 g/mol. The zero-order chi connectivity index (χ0) is 19.6. The molecule has 0 saturated carbocycles. The average molecular weight is 363 g/mol. The molecule has 0 bridgehead atoms. The maximum atomic E-state index is 11.5. The van der Waals surface area contributed by atoms with Crippen LogP contribution in [0.1, 0.15) is 27.7 Å². The number of hydrogen-bond donors (Lipinski definition) is 1. The Morgan fingerprint density at radius 2 is 1.20 bits per heavy atom. The summed E-state index contributed by atoms with van der Waals surface area (Å²) in [6.07, 6.45) is -4.56. The van der Waals surface area contributed by atoms with Gasteiger partial charge >= 0.3 is 23.9 Å². The molecule has 10 nitrogen and oxygen atoms in total. The van der Waals surface area contributed by atoms with Gasteiger partial charge in [0.15, 0.2) is 18.3 Å². The highest BCUT2D eigenvalue weighted by Gasteiger charge is 2.42. The molecule has 0 amide bonds. The molecule has 4 atom stereocenters. The summed E-state index contributed by atoms with van der Waals surface area (Å²) >= 11 is 0. The predicted molar refractivity (Wildman–Crippen MR) is 83.1 cm³/mol. The molecule has 0 aromatic heterocycles. The molecule has 144 valence electrons. The Bertz CT molecular complexity index is 476. The van der Waals surface area contributed by atoms with Gasteiger partial charge in [-0.2, -0.15) is 0 Å². The van der Waals surface area contributed by atoms with Crippen LogP contribution in [-0.4, -0.2) is 68.6 Å². The van der Waals surface area contributed by atoms with Crippen LogP contribution in [0.15, 0.2) is 0 Å². The highest BCUT2D eigenvalue weighted by atomic mass is 16.6. The molecule has 0 fully saturated rings. The first-order chi connectivity index (χ1) is 11.6. The second-order valence-electron chi connectivity index (χ2n) is 5.11. The van der Waals surface area contributed by atoms with E-state index >= 15 is 0 Å². The topological polar surface area (TPSA) is 140 Å². The largest absolute Gasteiger partial charge is 0.462 e. The van der Waals surface area contributed by atoms with E-state index < -0.39 is 54.9 Å². The quantitative estimate of drug-likeness (QED) is 0.392. The molecule has 0 aromatic carbocycles. The number of ether oxygens (including phenoxy) is 5.